The van der Waals surface area contributed by atoms with E-state index < -0.39 is 6.10 Å². The molecule has 20 heavy (non-hydrogen) atoms. The summed E-state index contributed by atoms with van der Waals surface area (Å²) in [4.78, 5) is 5.25. The number of aliphatic hydroxyl groups is 1. The number of nitrogens with zero attached hydrogens (tertiary/aromatic N) is 1. The largest absolute Gasteiger partial charge is 0.386 e. The third kappa shape index (κ3) is 6.59. The van der Waals surface area contributed by atoms with Gasteiger partial charge in [0.2, 0.25) is 0 Å². The Morgan fingerprint density at radius 3 is 2.70 bits per heavy atom. The fourth-order valence-electron chi connectivity index (χ4n) is 1.60. The zero-order valence-electron chi connectivity index (χ0n) is 12.3. The number of guanidine groups is 1. The first-order valence-corrected chi connectivity index (χ1v) is 8.17. The SMILES string of the molecule is CCNC(=NCC(O)c1ccc(Cl)s1)NCCC(C)C. The summed E-state index contributed by atoms with van der Waals surface area (Å²) in [6.45, 7) is 8.41. The van der Waals surface area contributed by atoms with E-state index in [9.17, 15) is 5.11 Å². The molecule has 0 fully saturated rings. The third-order valence-corrected chi connectivity index (χ3v) is 4.04. The smallest absolute Gasteiger partial charge is 0.191 e. The van der Waals surface area contributed by atoms with Crippen molar-refractivity contribution in [3.05, 3.63) is 21.3 Å². The van der Waals surface area contributed by atoms with E-state index >= 15 is 0 Å². The lowest BCUT2D eigenvalue weighted by atomic mass is 10.1. The molecule has 114 valence electrons. The second-order valence-electron chi connectivity index (χ2n) is 4.99. The van der Waals surface area contributed by atoms with Gasteiger partial charge in [0.15, 0.2) is 5.96 Å². The van der Waals surface area contributed by atoms with Crippen molar-refractivity contribution in [2.24, 2.45) is 10.9 Å². The highest BCUT2D eigenvalue weighted by Crippen LogP contribution is 2.26. The maximum absolute atomic E-state index is 10.1. The van der Waals surface area contributed by atoms with Crippen molar-refractivity contribution in [2.75, 3.05) is 19.6 Å². The van der Waals surface area contributed by atoms with Crippen LogP contribution in [0.3, 0.4) is 0 Å². The van der Waals surface area contributed by atoms with Crippen LogP contribution in [0.1, 0.15) is 38.2 Å². The standard InChI is InChI=1S/C14H24ClN3OS/c1-4-16-14(17-8-7-10(2)3)18-9-11(19)12-5-6-13(15)20-12/h5-6,10-11,19H,4,7-9H2,1-3H3,(H2,16,17,18). The minimum absolute atomic E-state index is 0.327. The number of thiophene rings is 1. The molecule has 0 amide bonds. The Morgan fingerprint density at radius 2 is 2.15 bits per heavy atom. The average molecular weight is 318 g/mol. The van der Waals surface area contributed by atoms with E-state index in [4.69, 9.17) is 11.6 Å². The number of rotatable bonds is 7. The Kier molecular flexibility index (Phi) is 7.95. The van der Waals surface area contributed by atoms with Crippen LogP contribution in [0.2, 0.25) is 4.34 Å². The number of hydrogen-bond acceptors (Lipinski definition) is 3. The third-order valence-electron chi connectivity index (χ3n) is 2.70. The maximum Gasteiger partial charge on any atom is 0.191 e. The summed E-state index contributed by atoms with van der Waals surface area (Å²) in [5, 5.41) is 16.5. The fraction of sp³-hybridized carbons (Fsp3) is 0.643. The molecule has 1 heterocycles. The zero-order chi connectivity index (χ0) is 15.0. The first-order chi connectivity index (χ1) is 9.52. The molecule has 0 saturated carbocycles. The van der Waals surface area contributed by atoms with Gasteiger partial charge < -0.3 is 15.7 Å². The van der Waals surface area contributed by atoms with Crippen LogP contribution in [0.15, 0.2) is 17.1 Å². The van der Waals surface area contributed by atoms with Gasteiger partial charge in [-0.3, -0.25) is 4.99 Å². The molecule has 0 aliphatic heterocycles. The van der Waals surface area contributed by atoms with E-state index in [1.165, 1.54) is 11.3 Å². The number of nitrogens with one attached hydrogen (secondary N) is 2. The van der Waals surface area contributed by atoms with Gasteiger partial charge in [0.1, 0.15) is 6.10 Å². The lowest BCUT2D eigenvalue weighted by Crippen LogP contribution is -2.38. The van der Waals surface area contributed by atoms with E-state index in [-0.39, 0.29) is 0 Å². The zero-order valence-corrected chi connectivity index (χ0v) is 13.9. The van der Waals surface area contributed by atoms with Crippen molar-refractivity contribution in [3.8, 4) is 0 Å². The van der Waals surface area contributed by atoms with Gasteiger partial charge in [-0.1, -0.05) is 25.4 Å². The van der Waals surface area contributed by atoms with E-state index in [0.29, 0.717) is 16.8 Å². The molecule has 0 aromatic carbocycles. The van der Waals surface area contributed by atoms with Crippen LogP contribution in [0.5, 0.6) is 0 Å². The Labute approximate surface area is 130 Å². The molecule has 0 saturated heterocycles. The van der Waals surface area contributed by atoms with Crippen molar-refractivity contribution in [1.29, 1.82) is 0 Å². The van der Waals surface area contributed by atoms with Crippen LogP contribution in [0.4, 0.5) is 0 Å². The van der Waals surface area contributed by atoms with Gasteiger partial charge >= 0.3 is 0 Å². The number of hydrogen-bond donors (Lipinski definition) is 3. The second kappa shape index (κ2) is 9.21. The van der Waals surface area contributed by atoms with Crippen LogP contribution < -0.4 is 10.6 Å². The number of aliphatic hydroxyl groups excluding tert-OH is 1. The molecule has 3 N–H and O–H groups in total. The molecule has 1 atom stereocenters. The molecule has 0 spiro atoms. The van der Waals surface area contributed by atoms with Crippen molar-refractivity contribution in [3.63, 3.8) is 0 Å². The lowest BCUT2D eigenvalue weighted by molar-refractivity contribution is 0.191. The van der Waals surface area contributed by atoms with Crippen LogP contribution >= 0.6 is 22.9 Å². The summed E-state index contributed by atoms with van der Waals surface area (Å²) in [5.74, 6) is 1.40. The van der Waals surface area contributed by atoms with Gasteiger partial charge in [0.25, 0.3) is 0 Å². The summed E-state index contributed by atoms with van der Waals surface area (Å²) in [6.07, 6.45) is 0.487. The molecule has 1 rings (SSSR count). The van der Waals surface area contributed by atoms with Crippen molar-refractivity contribution in [1.82, 2.24) is 10.6 Å². The molecular weight excluding hydrogens is 294 g/mol. The molecule has 1 aromatic heterocycles. The van der Waals surface area contributed by atoms with Crippen LogP contribution in [0, 0.1) is 5.92 Å². The topological polar surface area (TPSA) is 56.7 Å². The molecule has 1 aromatic rings. The van der Waals surface area contributed by atoms with Gasteiger partial charge in [-0.15, -0.1) is 11.3 Å². The predicted octanol–water partition coefficient (Wildman–Crippen LogP) is 3.04. The van der Waals surface area contributed by atoms with Crippen LogP contribution in [-0.4, -0.2) is 30.7 Å². The average Bonchev–Trinajstić information content (AvgIpc) is 2.82. The van der Waals surface area contributed by atoms with Crippen molar-refractivity contribution in [2.45, 2.75) is 33.3 Å². The van der Waals surface area contributed by atoms with Crippen molar-refractivity contribution < 1.29 is 5.11 Å². The van der Waals surface area contributed by atoms with Gasteiger partial charge in [-0.05, 0) is 31.4 Å². The summed E-state index contributed by atoms with van der Waals surface area (Å²) in [7, 11) is 0. The molecule has 6 heteroatoms. The van der Waals surface area contributed by atoms with Crippen molar-refractivity contribution >= 4 is 28.9 Å². The minimum Gasteiger partial charge on any atom is -0.386 e. The summed E-state index contributed by atoms with van der Waals surface area (Å²) in [5.41, 5.74) is 0. The second-order valence-corrected chi connectivity index (χ2v) is 6.73. The highest BCUT2D eigenvalue weighted by Gasteiger charge is 2.10. The van der Waals surface area contributed by atoms with E-state index in [2.05, 4.69) is 29.5 Å². The number of aliphatic imine (C=N–C) groups is 1. The first kappa shape index (κ1) is 17.3. The van der Waals surface area contributed by atoms with Gasteiger partial charge in [-0.25, -0.2) is 0 Å². The minimum atomic E-state index is -0.604. The summed E-state index contributed by atoms with van der Waals surface area (Å²) < 4.78 is 0.685. The molecule has 1 unspecified atom stereocenters. The summed E-state index contributed by atoms with van der Waals surface area (Å²) in [6, 6.07) is 3.63. The van der Waals surface area contributed by atoms with Crippen LogP contribution in [-0.2, 0) is 0 Å². The molecule has 0 bridgehead atoms. The molecule has 0 aliphatic carbocycles. The summed E-state index contributed by atoms with van der Waals surface area (Å²) >= 11 is 7.25. The quantitative estimate of drug-likeness (QED) is 0.535. The molecule has 4 nitrogen and oxygen atoms in total. The Balaban J connectivity index is 2.48. The Hall–Kier alpha value is -0.780. The van der Waals surface area contributed by atoms with E-state index in [1.807, 2.05) is 13.0 Å². The fourth-order valence-corrected chi connectivity index (χ4v) is 2.63. The normalized spacial score (nSPS) is 13.6. The lowest BCUT2D eigenvalue weighted by Gasteiger charge is -2.13. The molecular formula is C14H24ClN3OS. The highest BCUT2D eigenvalue weighted by molar-refractivity contribution is 7.16. The maximum atomic E-state index is 10.1. The first-order valence-electron chi connectivity index (χ1n) is 6.98. The van der Waals surface area contributed by atoms with Gasteiger partial charge in [-0.2, -0.15) is 0 Å². The molecule has 0 aliphatic rings. The monoisotopic (exact) mass is 317 g/mol. The predicted molar refractivity (Wildman–Crippen MR) is 87.7 cm³/mol. The highest BCUT2D eigenvalue weighted by atomic mass is 35.5. The van der Waals surface area contributed by atoms with Gasteiger partial charge in [0.05, 0.1) is 10.9 Å². The Bertz CT molecular complexity index is 420. The van der Waals surface area contributed by atoms with Crippen LogP contribution in [0.25, 0.3) is 0 Å². The number of halogens is 1. The van der Waals surface area contributed by atoms with E-state index in [0.717, 1.165) is 30.3 Å². The van der Waals surface area contributed by atoms with E-state index in [1.54, 1.807) is 6.07 Å². The van der Waals surface area contributed by atoms with Gasteiger partial charge in [0, 0.05) is 18.0 Å². The Morgan fingerprint density at radius 1 is 1.40 bits per heavy atom. The molecule has 0 radical (unpaired) electrons.